The number of hydrogen-bond acceptors (Lipinski definition) is 3. The quantitative estimate of drug-likeness (QED) is 0.166. The smallest absolute Gasteiger partial charge is 0.143 e. The summed E-state index contributed by atoms with van der Waals surface area (Å²) in [6, 6.07) is 50.5. The molecule has 0 bridgehead atoms. The third kappa shape index (κ3) is 4.96. The highest BCUT2D eigenvalue weighted by atomic mass is 16.3. The van der Waals surface area contributed by atoms with E-state index < -0.39 is 12.1 Å². The van der Waals surface area contributed by atoms with Gasteiger partial charge in [0.2, 0.25) is 0 Å². The molecule has 0 saturated carbocycles. The summed E-state index contributed by atoms with van der Waals surface area (Å²) in [5.74, 6) is 0.251. The molecule has 0 aliphatic carbocycles. The molecular formula is C60H34O3. The first-order valence-corrected chi connectivity index (χ1v) is 20.9. The van der Waals surface area contributed by atoms with Crippen molar-refractivity contribution >= 4 is 97.9 Å². The minimum Gasteiger partial charge on any atom is -0.456 e. The van der Waals surface area contributed by atoms with E-state index >= 15 is 0 Å². The zero-order valence-corrected chi connectivity index (χ0v) is 33.3. The Morgan fingerprint density at radius 3 is 1.71 bits per heavy atom. The molecule has 3 nitrogen and oxygen atoms in total. The molecule has 0 saturated heterocycles. The Morgan fingerprint density at radius 2 is 0.905 bits per heavy atom. The maximum atomic E-state index is 10.7. The van der Waals surface area contributed by atoms with Crippen molar-refractivity contribution in [2.75, 3.05) is 0 Å². The summed E-state index contributed by atoms with van der Waals surface area (Å²) in [4.78, 5) is 0. The number of benzene rings is 11. The summed E-state index contributed by atoms with van der Waals surface area (Å²) in [5, 5.41) is 8.82. The molecule has 3 heterocycles. The van der Waals surface area contributed by atoms with Gasteiger partial charge < -0.3 is 13.3 Å². The van der Waals surface area contributed by atoms with Gasteiger partial charge in [-0.15, -0.1) is 0 Å². The summed E-state index contributed by atoms with van der Waals surface area (Å²) >= 11 is 0. The monoisotopic (exact) mass is 809 g/mol. The molecule has 0 atom stereocenters. The van der Waals surface area contributed by atoms with Gasteiger partial charge >= 0.3 is 0 Å². The molecule has 3 heteroatoms. The second-order valence-electron chi connectivity index (χ2n) is 16.1. The van der Waals surface area contributed by atoms with Crippen LogP contribution in [0.5, 0.6) is 0 Å². The molecule has 0 aliphatic heterocycles. The van der Waals surface area contributed by atoms with Crippen LogP contribution in [0.1, 0.15) is 9.60 Å². The fourth-order valence-electron chi connectivity index (χ4n) is 10.00. The van der Waals surface area contributed by atoms with E-state index in [1.54, 1.807) is 0 Å². The Kier molecular flexibility index (Phi) is 5.84. The third-order valence-electron chi connectivity index (χ3n) is 12.7. The summed E-state index contributed by atoms with van der Waals surface area (Å²) in [6.07, 6.45) is 0. The maximum Gasteiger partial charge on any atom is 0.143 e. The van der Waals surface area contributed by atoms with Crippen molar-refractivity contribution in [1.82, 2.24) is 0 Å². The second kappa shape index (κ2) is 13.1. The van der Waals surface area contributed by atoms with E-state index in [2.05, 4.69) is 6.07 Å². The number of para-hydroxylation sites is 1. The first-order valence-electron chi connectivity index (χ1n) is 24.4. The first kappa shape index (κ1) is 28.2. The van der Waals surface area contributed by atoms with E-state index in [-0.39, 0.29) is 63.1 Å². The van der Waals surface area contributed by atoms with Crippen molar-refractivity contribution < 1.29 is 22.8 Å². The Morgan fingerprint density at radius 1 is 0.317 bits per heavy atom. The lowest BCUT2D eigenvalue weighted by Gasteiger charge is -2.19. The lowest BCUT2D eigenvalue weighted by Crippen LogP contribution is -1.92. The zero-order valence-electron chi connectivity index (χ0n) is 40.3. The van der Waals surface area contributed by atoms with Crippen molar-refractivity contribution in [3.8, 4) is 44.7 Å². The van der Waals surface area contributed by atoms with Gasteiger partial charge in [0.15, 0.2) is 0 Å². The molecule has 0 aliphatic rings. The molecule has 0 amide bonds. The van der Waals surface area contributed by atoms with E-state index in [0.29, 0.717) is 50.1 Å². The molecule has 14 aromatic rings. The van der Waals surface area contributed by atoms with Crippen LogP contribution in [0.15, 0.2) is 219 Å². The average Bonchev–Trinajstić information content (AvgIpc) is 4.09. The molecule has 63 heavy (non-hydrogen) atoms. The van der Waals surface area contributed by atoms with Crippen LogP contribution >= 0.6 is 0 Å². The van der Waals surface area contributed by atoms with Crippen molar-refractivity contribution in [2.24, 2.45) is 0 Å². The molecule has 3 aromatic heterocycles. The fourth-order valence-corrected chi connectivity index (χ4v) is 10.00. The van der Waals surface area contributed by atoms with E-state index in [4.69, 9.17) is 16.0 Å². The van der Waals surface area contributed by atoms with E-state index in [1.165, 1.54) is 0 Å². The summed E-state index contributed by atoms with van der Waals surface area (Å²) in [5.41, 5.74) is 6.55. The first-order chi connectivity index (χ1) is 34.2. The highest BCUT2D eigenvalue weighted by Gasteiger charge is 2.25. The summed E-state index contributed by atoms with van der Waals surface area (Å²) in [6.45, 7) is 0. The number of rotatable bonds is 4. The minimum absolute atomic E-state index is 0.0857. The van der Waals surface area contributed by atoms with Crippen LogP contribution in [0, 0.1) is 0 Å². The molecule has 0 fully saturated rings. The van der Waals surface area contributed by atoms with E-state index in [1.807, 2.05) is 158 Å². The van der Waals surface area contributed by atoms with Gasteiger partial charge in [-0.25, -0.2) is 0 Å². The summed E-state index contributed by atoms with van der Waals surface area (Å²) in [7, 11) is 0. The van der Waals surface area contributed by atoms with Gasteiger partial charge in [0.1, 0.15) is 33.7 Å². The van der Waals surface area contributed by atoms with Gasteiger partial charge in [-0.2, -0.15) is 0 Å². The van der Waals surface area contributed by atoms with Crippen LogP contribution in [0.4, 0.5) is 0 Å². The van der Waals surface area contributed by atoms with Crippen LogP contribution in [-0.4, -0.2) is 0 Å². The van der Waals surface area contributed by atoms with Gasteiger partial charge in [-0.05, 0) is 113 Å². The van der Waals surface area contributed by atoms with Crippen LogP contribution in [-0.2, 0) is 0 Å². The van der Waals surface area contributed by atoms with Gasteiger partial charge in [0.25, 0.3) is 0 Å². The second-order valence-corrected chi connectivity index (χ2v) is 16.1. The largest absolute Gasteiger partial charge is 0.456 e. The Balaban J connectivity index is 1.20. The lowest BCUT2D eigenvalue weighted by atomic mass is 9.84. The SMILES string of the molecule is [2H]c1c([2H])c([2H])c2c(-c3ccc4oc5ccc6oc7ccccc7c6c5c4c3)c3c([2H])c(-c4oc5ccc6ccccc6c5c4-c4cccc5ccccc45)c([2H])c([2H])c3c(-c3ccccc3)c2c1[2H]. The number of furan rings is 3. The molecule has 0 radical (unpaired) electrons. The van der Waals surface area contributed by atoms with Gasteiger partial charge in [-0.3, -0.25) is 0 Å². The van der Waals surface area contributed by atoms with Crippen LogP contribution in [0.3, 0.4) is 0 Å². The van der Waals surface area contributed by atoms with Crippen molar-refractivity contribution in [3.05, 3.63) is 206 Å². The lowest BCUT2D eigenvalue weighted by molar-refractivity contribution is 0.633. The number of fused-ring (bicyclic) bond motifs is 13. The van der Waals surface area contributed by atoms with Gasteiger partial charge in [0, 0.05) is 38.1 Å². The van der Waals surface area contributed by atoms with Crippen LogP contribution in [0.2, 0.25) is 0 Å². The average molecular weight is 810 g/mol. The Hall–Kier alpha value is -8.40. The highest BCUT2D eigenvalue weighted by molar-refractivity contribution is 6.28. The third-order valence-corrected chi connectivity index (χ3v) is 12.7. The fraction of sp³-hybridized carbons (Fsp3) is 0. The number of hydrogen-bond donors (Lipinski definition) is 0. The van der Waals surface area contributed by atoms with E-state index in [9.17, 15) is 6.85 Å². The minimum atomic E-state index is -0.434. The molecule has 0 spiro atoms. The Labute approximate surface area is 370 Å². The maximum absolute atomic E-state index is 10.7. The molecule has 292 valence electrons. The normalized spacial score (nSPS) is 13.7. The topological polar surface area (TPSA) is 39.4 Å². The van der Waals surface area contributed by atoms with Gasteiger partial charge in [-0.1, -0.05) is 164 Å². The predicted molar refractivity (Wildman–Crippen MR) is 263 cm³/mol. The van der Waals surface area contributed by atoms with Crippen molar-refractivity contribution in [2.45, 2.75) is 0 Å². The highest BCUT2D eigenvalue weighted by Crippen LogP contribution is 2.50. The van der Waals surface area contributed by atoms with Crippen molar-refractivity contribution in [3.63, 3.8) is 0 Å². The van der Waals surface area contributed by atoms with Crippen LogP contribution < -0.4 is 0 Å². The molecule has 11 aromatic carbocycles. The van der Waals surface area contributed by atoms with Crippen molar-refractivity contribution in [1.29, 1.82) is 0 Å². The zero-order chi connectivity index (χ0) is 47.3. The Bertz CT molecular complexity index is 4620. The van der Waals surface area contributed by atoms with Gasteiger partial charge in [0.05, 0.1) is 9.60 Å². The molecular weight excluding hydrogens is 769 g/mol. The predicted octanol–water partition coefficient (Wildman–Crippen LogP) is 17.5. The standard InChI is InChI=1S/C60H34O3/c1-2-15-37(16-3-1)54-43-20-8-9-21-44(43)55(38-27-29-50-48(33-38)58-52(62-50)32-31-51-57(58)46-22-10-11-24-49(46)61-51)47-34-39(25-28-45(47)54)60-59(42-23-12-17-35-13-4-6-18-40(35)42)56-41-19-7-5-14-36(41)26-30-53(56)63-60/h1-34H/i8D,9D,20D,21D,25D,28D,34D. The van der Waals surface area contributed by atoms with Crippen LogP contribution in [0.25, 0.3) is 143 Å². The molecule has 0 unspecified atom stereocenters. The molecule has 14 rings (SSSR count). The van der Waals surface area contributed by atoms with E-state index in [0.717, 1.165) is 59.6 Å². The molecule has 0 N–H and O–H groups in total. The summed E-state index contributed by atoms with van der Waals surface area (Å²) < 4.78 is 88.3.